The first-order valence-electron chi connectivity index (χ1n) is 10.3. The summed E-state index contributed by atoms with van der Waals surface area (Å²) in [6, 6.07) is 3.23. The van der Waals surface area contributed by atoms with E-state index in [0.29, 0.717) is 17.5 Å². The highest BCUT2D eigenvalue weighted by Gasteiger charge is 2.29. The van der Waals surface area contributed by atoms with Crippen LogP contribution in [0.2, 0.25) is 0 Å². The summed E-state index contributed by atoms with van der Waals surface area (Å²) >= 11 is 0. The molecule has 0 saturated carbocycles. The van der Waals surface area contributed by atoms with Crippen LogP contribution in [0.25, 0.3) is 39.4 Å². The second-order valence-corrected chi connectivity index (χ2v) is 7.72. The molecule has 2 heterocycles. The molecule has 34 heavy (non-hydrogen) atoms. The molecule has 0 amide bonds. The standard InChI is InChI=1S/C24H16F4N4O2/c1-11-9-13(23-31-32-24(33)34-23)21-14(10-11)29-22(30-21)16-19(27)17(25)15(18(26)20(16)28)12-7-5-3-2-4-6-8-12/h3,5-10H,2,4H2,1H3,(H,29,30)(H,32,33)/b5-3-,8-6-,12-7+. The minimum Gasteiger partial charge on any atom is -0.465 e. The maximum Gasteiger partial charge on any atom is 0.412 e. The number of allylic oxidation sites excluding steroid dienone is 6. The summed E-state index contributed by atoms with van der Waals surface area (Å²) in [5, 5.41) is 16.4. The van der Waals surface area contributed by atoms with Gasteiger partial charge in [-0.15, -0.1) is 5.10 Å². The van der Waals surface area contributed by atoms with E-state index in [1.54, 1.807) is 37.3 Å². The lowest BCUT2D eigenvalue weighted by molar-refractivity contribution is 0.320. The van der Waals surface area contributed by atoms with Gasteiger partial charge in [-0.05, 0) is 43.0 Å². The Morgan fingerprint density at radius 3 is 2.35 bits per heavy atom. The number of imidazole rings is 1. The molecule has 2 aromatic carbocycles. The van der Waals surface area contributed by atoms with Crippen molar-refractivity contribution in [3.05, 3.63) is 76.9 Å². The smallest absolute Gasteiger partial charge is 0.412 e. The normalized spacial score (nSPS) is 17.3. The number of hydrogen-bond acceptors (Lipinski definition) is 5. The maximum atomic E-state index is 15.2. The minimum absolute atomic E-state index is 0.00835. The Hall–Kier alpha value is -4.21. The number of aryl methyl sites for hydroxylation is 1. The highest BCUT2D eigenvalue weighted by atomic mass is 19.2. The molecule has 0 fully saturated rings. The Bertz CT molecular complexity index is 1500. The Labute approximate surface area is 190 Å². The fourth-order valence-electron chi connectivity index (χ4n) is 3.85. The average Bonchev–Trinajstić information content (AvgIpc) is 3.39. The van der Waals surface area contributed by atoms with Crippen molar-refractivity contribution in [1.29, 1.82) is 0 Å². The van der Waals surface area contributed by atoms with Crippen molar-refractivity contribution in [3.8, 4) is 28.9 Å². The van der Waals surface area contributed by atoms with Crippen LogP contribution in [0, 0.1) is 30.2 Å². The number of aromatic amines is 1. The van der Waals surface area contributed by atoms with Gasteiger partial charge in [-0.3, -0.25) is 0 Å². The van der Waals surface area contributed by atoms with Crippen molar-refractivity contribution < 1.29 is 27.1 Å². The zero-order valence-corrected chi connectivity index (χ0v) is 17.7. The topological polar surface area (TPSA) is 87.8 Å². The first-order chi connectivity index (χ1) is 16.3. The molecule has 1 aliphatic carbocycles. The van der Waals surface area contributed by atoms with E-state index in [2.05, 4.69) is 20.2 Å². The fraction of sp³-hybridized carbons (Fsp3) is 0.125. The summed E-state index contributed by atoms with van der Waals surface area (Å²) in [4.78, 5) is 6.87. The SMILES string of the molecule is Cc1cc(-c2nnc(O)o2)c2nc(-c3c(F)c(F)c(C4=C/C=C\CC/C=C\4)c(F)c3F)[nH]c2c1. The lowest BCUT2D eigenvalue weighted by Crippen LogP contribution is -2.06. The van der Waals surface area contributed by atoms with Crippen LogP contribution < -0.4 is 0 Å². The lowest BCUT2D eigenvalue weighted by atomic mass is 9.98. The van der Waals surface area contributed by atoms with Crippen molar-refractivity contribution in [1.82, 2.24) is 20.2 Å². The molecule has 10 heteroatoms. The van der Waals surface area contributed by atoms with Crippen molar-refractivity contribution in [2.24, 2.45) is 0 Å². The van der Waals surface area contributed by atoms with Gasteiger partial charge in [0.1, 0.15) is 11.3 Å². The molecule has 0 unspecified atom stereocenters. The Morgan fingerprint density at radius 1 is 0.941 bits per heavy atom. The largest absolute Gasteiger partial charge is 0.465 e. The zero-order valence-electron chi connectivity index (χ0n) is 17.7. The first-order valence-corrected chi connectivity index (χ1v) is 10.3. The van der Waals surface area contributed by atoms with Crippen molar-refractivity contribution in [3.63, 3.8) is 0 Å². The number of nitrogens with one attached hydrogen (secondary N) is 1. The second kappa shape index (κ2) is 8.29. The van der Waals surface area contributed by atoms with Crippen LogP contribution >= 0.6 is 0 Å². The number of aromatic nitrogens is 4. The lowest BCUT2D eigenvalue weighted by Gasteiger charge is -2.12. The number of aromatic hydroxyl groups is 1. The zero-order chi connectivity index (χ0) is 24.0. The number of halogens is 4. The minimum atomic E-state index is -1.58. The van der Waals surface area contributed by atoms with Gasteiger partial charge in [-0.2, -0.15) is 0 Å². The molecule has 6 nitrogen and oxygen atoms in total. The van der Waals surface area contributed by atoms with Crippen LogP contribution in [-0.2, 0) is 0 Å². The van der Waals surface area contributed by atoms with Crippen molar-refractivity contribution in [2.75, 3.05) is 0 Å². The average molecular weight is 468 g/mol. The molecular weight excluding hydrogens is 452 g/mol. The third kappa shape index (κ3) is 3.57. The van der Waals surface area contributed by atoms with Crippen LogP contribution in [0.5, 0.6) is 6.08 Å². The molecule has 0 radical (unpaired) electrons. The van der Waals surface area contributed by atoms with E-state index in [4.69, 9.17) is 4.42 Å². The Kier molecular flexibility index (Phi) is 5.27. The molecule has 172 valence electrons. The molecule has 2 aromatic heterocycles. The van der Waals surface area contributed by atoms with Gasteiger partial charge < -0.3 is 14.5 Å². The van der Waals surface area contributed by atoms with E-state index in [1.807, 2.05) is 0 Å². The van der Waals surface area contributed by atoms with Gasteiger partial charge in [0.15, 0.2) is 23.3 Å². The molecule has 5 rings (SSSR count). The summed E-state index contributed by atoms with van der Waals surface area (Å²) in [7, 11) is 0. The molecule has 0 atom stereocenters. The molecule has 0 bridgehead atoms. The Morgan fingerprint density at radius 2 is 1.65 bits per heavy atom. The quantitative estimate of drug-likeness (QED) is 0.279. The fourth-order valence-corrected chi connectivity index (χ4v) is 3.85. The highest BCUT2D eigenvalue weighted by molar-refractivity contribution is 5.92. The van der Waals surface area contributed by atoms with E-state index in [1.165, 1.54) is 12.2 Å². The van der Waals surface area contributed by atoms with Gasteiger partial charge in [0.2, 0.25) is 0 Å². The number of fused-ring (bicyclic) bond motifs is 1. The molecule has 0 saturated heterocycles. The van der Waals surface area contributed by atoms with Crippen LogP contribution in [0.1, 0.15) is 24.0 Å². The van der Waals surface area contributed by atoms with Crippen LogP contribution in [0.4, 0.5) is 17.6 Å². The van der Waals surface area contributed by atoms with Gasteiger partial charge in [0.25, 0.3) is 5.89 Å². The van der Waals surface area contributed by atoms with Gasteiger partial charge in [0.05, 0.1) is 22.2 Å². The number of nitrogens with zero attached hydrogens (tertiary/aromatic N) is 3. The molecule has 0 spiro atoms. The van der Waals surface area contributed by atoms with Gasteiger partial charge in [0, 0.05) is 0 Å². The number of H-pyrrole nitrogens is 1. The predicted molar refractivity (Wildman–Crippen MR) is 117 cm³/mol. The van der Waals surface area contributed by atoms with Gasteiger partial charge >= 0.3 is 6.08 Å². The van der Waals surface area contributed by atoms with E-state index >= 15 is 17.6 Å². The van der Waals surface area contributed by atoms with E-state index < -0.39 is 46.3 Å². The molecular formula is C24H16F4N4O2. The van der Waals surface area contributed by atoms with Crippen LogP contribution in [0.3, 0.4) is 0 Å². The summed E-state index contributed by atoms with van der Waals surface area (Å²) in [5.41, 5.74) is -0.339. The van der Waals surface area contributed by atoms with E-state index in [0.717, 1.165) is 6.42 Å². The number of rotatable bonds is 3. The Balaban J connectivity index is 1.71. The second-order valence-electron chi connectivity index (χ2n) is 7.72. The molecule has 1 aliphatic rings. The molecule has 2 N–H and O–H groups in total. The van der Waals surface area contributed by atoms with Gasteiger partial charge in [-0.25, -0.2) is 22.5 Å². The van der Waals surface area contributed by atoms with E-state index in [9.17, 15) is 5.11 Å². The summed E-state index contributed by atoms with van der Waals surface area (Å²) in [6.45, 7) is 1.74. The molecule has 4 aromatic rings. The third-order valence-electron chi connectivity index (χ3n) is 5.37. The maximum absolute atomic E-state index is 15.2. The van der Waals surface area contributed by atoms with Gasteiger partial charge in [-0.1, -0.05) is 35.5 Å². The summed E-state index contributed by atoms with van der Waals surface area (Å²) < 4.78 is 65.6. The summed E-state index contributed by atoms with van der Waals surface area (Å²) in [5.74, 6) is -6.74. The van der Waals surface area contributed by atoms with E-state index in [-0.39, 0.29) is 22.5 Å². The number of hydrogen-bond donors (Lipinski definition) is 2. The van der Waals surface area contributed by atoms with Crippen LogP contribution in [0.15, 0.2) is 46.9 Å². The first kappa shape index (κ1) is 21.6. The number of benzene rings is 2. The summed E-state index contributed by atoms with van der Waals surface area (Å²) in [6.07, 6.45) is 8.56. The monoisotopic (exact) mass is 468 g/mol. The van der Waals surface area contributed by atoms with Crippen molar-refractivity contribution >= 4 is 16.6 Å². The van der Waals surface area contributed by atoms with Crippen LogP contribution in [-0.4, -0.2) is 25.3 Å². The van der Waals surface area contributed by atoms with Crippen molar-refractivity contribution in [2.45, 2.75) is 19.8 Å². The predicted octanol–water partition coefficient (Wildman–Crippen LogP) is 6.14. The molecule has 0 aliphatic heterocycles. The third-order valence-corrected chi connectivity index (χ3v) is 5.37. The highest BCUT2D eigenvalue weighted by Crippen LogP contribution is 2.37.